The lowest BCUT2D eigenvalue weighted by Gasteiger charge is -2.38. The van der Waals surface area contributed by atoms with E-state index in [-0.39, 0.29) is 49.5 Å². The van der Waals surface area contributed by atoms with E-state index in [2.05, 4.69) is 64.4 Å². The van der Waals surface area contributed by atoms with E-state index in [1.807, 2.05) is 41.5 Å². The van der Waals surface area contributed by atoms with E-state index in [4.69, 9.17) is 17.7 Å². The van der Waals surface area contributed by atoms with Crippen LogP contribution in [0.4, 0.5) is 41.9 Å². The Morgan fingerprint density at radius 2 is 0.669 bits per heavy atom. The van der Waals surface area contributed by atoms with Crippen LogP contribution in [-0.4, -0.2) is 78.9 Å². The first-order chi connectivity index (χ1) is 58.5. The summed E-state index contributed by atoms with van der Waals surface area (Å²) in [6.45, 7) is 15.3. The molecule has 0 fully saturated rings. The molecule has 4 aromatic carbocycles. The van der Waals surface area contributed by atoms with Gasteiger partial charge in [-0.1, -0.05) is 65.8 Å². The Bertz CT molecular complexity index is 6130. The zero-order valence-electron chi connectivity index (χ0n) is 71.4. The van der Waals surface area contributed by atoms with E-state index in [0.717, 1.165) is 221 Å². The largest absolute Gasteiger partial charge is 0.447 e. The summed E-state index contributed by atoms with van der Waals surface area (Å²) in [5.41, 5.74) is 21.4. The van der Waals surface area contributed by atoms with Crippen LogP contribution < -0.4 is 40.2 Å². The van der Waals surface area contributed by atoms with Crippen molar-refractivity contribution >= 4 is 92.8 Å². The number of benzene rings is 4. The van der Waals surface area contributed by atoms with Gasteiger partial charge < -0.3 is 54.3 Å². The number of hydrogen-bond acceptors (Lipinski definition) is 20. The van der Waals surface area contributed by atoms with Crippen LogP contribution in [0, 0.1) is 22.7 Å². The molecule has 662 valence electrons. The Kier molecular flexibility index (Phi) is 22.6. The number of aliphatic hydroxyl groups excluding tert-OH is 1. The lowest BCUT2D eigenvalue weighted by atomic mass is 9.70. The molecule has 4 aromatic heterocycles. The van der Waals surface area contributed by atoms with Gasteiger partial charge in [0.05, 0.1) is 16.8 Å². The quantitative estimate of drug-likeness (QED) is 0.0541. The van der Waals surface area contributed by atoms with Crippen LogP contribution in [-0.2, 0) is 180 Å². The summed E-state index contributed by atoms with van der Waals surface area (Å²) in [6, 6.07) is 11.2. The number of amides is 8. The van der Waals surface area contributed by atoms with Gasteiger partial charge in [0.2, 0.25) is 20.4 Å². The van der Waals surface area contributed by atoms with Gasteiger partial charge in [-0.05, 0) is 311 Å². The number of aryl methyl sites for hydroxylation is 8. The van der Waals surface area contributed by atoms with Crippen LogP contribution in [0.2, 0.25) is 0 Å². The standard InChI is InChI=1S/C24H30N2O5S.2C23H28N2O5S.C22H24N2O5S/c1-23(2)12-19-18(24(3,28)13-23)11-20(31-19)32(29,30)26-22(27)25-21-16-8-4-6-14(16)10-15-7-5-9-17(15)21;1-23(2)11-15-10-19(30-21(15)18(26)12-23)31(28,29)25-22(27)24-20-16-7-3-5-13(16)9-14-6-4-8-17(14)20;1-13-9-19-18(23(2,27)12-13)11-20(30-19)31(28,29)25-22(26)24-21-16-7-3-5-14(16)10-15-6-4-8-17(15)21;1-12-8-18(25)17-11-20(29-19(17)9-12)30(27,28)24-22(26)23-21-15-6-2-4-13(15)10-14-5-3-7-16(14)21/h10-11,28H,4-9,12-13H2,1-3H3,(H2,25,26,27);9-10,18,26H,3-8,11-12H2,1-2H3,(H2,24,25,27);10-11,13,27H,3-9,12H2,1-2H3,(H2,24,25,26);10-12H,2-9H2,1H3,(H2,23,24,26). The maximum absolute atomic E-state index is 12.9. The maximum atomic E-state index is 12.9. The van der Waals surface area contributed by atoms with E-state index in [0.29, 0.717) is 90.9 Å². The van der Waals surface area contributed by atoms with Gasteiger partial charge in [-0.2, -0.15) is 33.7 Å². The summed E-state index contributed by atoms with van der Waals surface area (Å²) in [4.78, 5) is 63.0. The molecular formula is C92H110N8O20S4. The third-order valence-corrected chi connectivity index (χ3v) is 31.7. The molecule has 0 radical (unpaired) electrons. The van der Waals surface area contributed by atoms with Gasteiger partial charge in [0, 0.05) is 83.8 Å². The molecular weight excluding hydrogens is 1670 g/mol. The fourth-order valence-corrected chi connectivity index (χ4v) is 25.5. The monoisotopic (exact) mass is 1770 g/mol. The van der Waals surface area contributed by atoms with Crippen LogP contribution >= 0.6 is 0 Å². The molecule has 0 saturated carbocycles. The highest BCUT2D eigenvalue weighted by Crippen LogP contribution is 2.50. The fraction of sp³-hybridized carbons (Fsp3) is 0.511. The van der Waals surface area contributed by atoms with Crippen LogP contribution in [0.1, 0.15) is 278 Å². The lowest BCUT2D eigenvalue weighted by molar-refractivity contribution is -0.00512. The summed E-state index contributed by atoms with van der Waals surface area (Å²) < 4.78 is 133. The van der Waals surface area contributed by atoms with Crippen molar-refractivity contribution in [1.29, 1.82) is 0 Å². The van der Waals surface area contributed by atoms with E-state index in [9.17, 15) is 73.0 Å². The molecule has 124 heavy (non-hydrogen) atoms. The molecule has 8 aromatic rings. The highest BCUT2D eigenvalue weighted by Gasteiger charge is 2.45. The maximum Gasteiger partial charge on any atom is 0.333 e. The van der Waals surface area contributed by atoms with E-state index in [1.54, 1.807) is 13.8 Å². The topological polar surface area (TPSA) is 431 Å². The van der Waals surface area contributed by atoms with Crippen LogP contribution in [0.5, 0.6) is 0 Å². The number of rotatable bonds is 12. The Balaban J connectivity index is 0.000000117. The number of Topliss-reactive ketones (excluding diaryl/α,β-unsaturated/α-hetero) is 1. The third kappa shape index (κ3) is 17.3. The second kappa shape index (κ2) is 32.4. The van der Waals surface area contributed by atoms with Crippen molar-refractivity contribution in [2.75, 3.05) is 21.3 Å². The SMILES string of the molecule is CC1(C)Cc2cc(S(=O)(=O)NC(=O)Nc3c4c(cc5c3CCC5)CCC4)oc2C(O)C1.CC1(C)Cc2oc(S(=O)(=O)NC(=O)Nc3c4c(cc5c3CCC5)CCC4)cc2C(C)(O)C1.CC1CC(=O)c2cc(S(=O)(=O)NC(=O)Nc3c4c(cc5c3CCC5)CCC4)oc2C1.CC1Cc2oc(S(=O)(=O)NC(=O)Nc3c4c(cc5c3CCC5)CCC4)cc2C(C)(O)C1. The number of aliphatic hydroxyl groups is 3. The number of carbonyl (C=O) groups is 5. The Morgan fingerprint density at radius 3 is 1.03 bits per heavy atom. The molecule has 32 heteroatoms. The Hall–Kier alpha value is -9.57. The van der Waals surface area contributed by atoms with Crippen molar-refractivity contribution in [3.8, 4) is 0 Å². The molecule has 4 heterocycles. The molecule has 0 spiro atoms. The summed E-state index contributed by atoms with van der Waals surface area (Å²) in [5, 5.41) is 41.8. The highest BCUT2D eigenvalue weighted by molar-refractivity contribution is 7.90. The molecule has 12 aliphatic rings. The number of anilines is 4. The summed E-state index contributed by atoms with van der Waals surface area (Å²) in [6.07, 6.45) is 26.6. The minimum absolute atomic E-state index is 0.102. The first kappa shape index (κ1) is 86.5. The Labute approximate surface area is 723 Å². The van der Waals surface area contributed by atoms with E-state index < -0.39 is 86.6 Å². The van der Waals surface area contributed by atoms with Gasteiger partial charge in [0.25, 0.3) is 40.1 Å². The second-order valence-corrected chi connectivity index (χ2v) is 44.9. The smallest absolute Gasteiger partial charge is 0.333 e. The summed E-state index contributed by atoms with van der Waals surface area (Å²) in [5.74, 6) is 1.70. The molecule has 5 unspecified atom stereocenters. The number of ketones is 1. The van der Waals surface area contributed by atoms with Gasteiger partial charge in [-0.15, -0.1) is 0 Å². The average Bonchev–Trinajstić information content (AvgIpc) is 1.60. The number of hydrogen-bond donors (Lipinski definition) is 11. The summed E-state index contributed by atoms with van der Waals surface area (Å²) in [7, 11) is -16.9. The number of furan rings is 4. The lowest BCUT2D eigenvalue weighted by Crippen LogP contribution is -2.35. The third-order valence-electron chi connectivity index (χ3n) is 27.0. The molecule has 0 aliphatic heterocycles. The number of urea groups is 4. The van der Waals surface area contributed by atoms with Gasteiger partial charge in [-0.25, -0.2) is 38.1 Å². The van der Waals surface area contributed by atoms with Crippen molar-refractivity contribution in [3.05, 3.63) is 183 Å². The van der Waals surface area contributed by atoms with Crippen molar-refractivity contribution in [3.63, 3.8) is 0 Å². The minimum atomic E-state index is -4.23. The zero-order chi connectivity index (χ0) is 87.9. The van der Waals surface area contributed by atoms with Gasteiger partial charge in [-0.3, -0.25) is 4.79 Å². The second-order valence-electron chi connectivity index (χ2n) is 38.4. The number of sulfonamides is 4. The zero-order valence-corrected chi connectivity index (χ0v) is 74.7. The molecule has 8 amide bonds. The molecule has 0 saturated heterocycles. The molecule has 12 aliphatic carbocycles. The first-order valence-corrected chi connectivity index (χ1v) is 49.7. The number of fused-ring (bicyclic) bond motifs is 12. The molecule has 28 nitrogen and oxygen atoms in total. The predicted octanol–water partition coefficient (Wildman–Crippen LogP) is 14.8. The Morgan fingerprint density at radius 1 is 0.355 bits per heavy atom. The van der Waals surface area contributed by atoms with Crippen molar-refractivity contribution in [2.45, 2.75) is 299 Å². The molecule has 20 rings (SSSR count). The highest BCUT2D eigenvalue weighted by atomic mass is 32.2. The van der Waals surface area contributed by atoms with Crippen LogP contribution in [0.25, 0.3) is 0 Å². The molecule has 0 bridgehead atoms. The van der Waals surface area contributed by atoms with E-state index >= 15 is 0 Å². The summed E-state index contributed by atoms with van der Waals surface area (Å²) >= 11 is 0. The molecule has 11 N–H and O–H groups in total. The molecule has 5 atom stereocenters. The van der Waals surface area contributed by atoms with Crippen molar-refractivity contribution < 1.29 is 90.6 Å². The minimum Gasteiger partial charge on any atom is -0.447 e. The van der Waals surface area contributed by atoms with Gasteiger partial charge >= 0.3 is 24.1 Å². The predicted molar refractivity (Wildman–Crippen MR) is 462 cm³/mol. The first-order valence-electron chi connectivity index (χ1n) is 43.7. The average molecular weight is 1780 g/mol. The van der Waals surface area contributed by atoms with Gasteiger partial charge in [0.1, 0.15) is 29.1 Å². The van der Waals surface area contributed by atoms with Gasteiger partial charge in [0.15, 0.2) is 5.78 Å². The van der Waals surface area contributed by atoms with Crippen molar-refractivity contribution in [2.24, 2.45) is 22.7 Å². The van der Waals surface area contributed by atoms with Crippen molar-refractivity contribution in [1.82, 2.24) is 18.9 Å². The fourth-order valence-electron chi connectivity index (χ4n) is 22.0. The number of nitrogens with one attached hydrogen (secondary N) is 8. The van der Waals surface area contributed by atoms with E-state index in [1.165, 1.54) is 68.8 Å². The normalized spacial score (nSPS) is 22.3. The van der Waals surface area contributed by atoms with Crippen LogP contribution in [0.3, 0.4) is 0 Å². The van der Waals surface area contributed by atoms with Crippen LogP contribution in [0.15, 0.2) is 86.6 Å². The number of carbonyl (C=O) groups excluding carboxylic acids is 5.